The van der Waals surface area contributed by atoms with Crippen molar-refractivity contribution in [1.82, 2.24) is 5.01 Å². The van der Waals surface area contributed by atoms with Gasteiger partial charge in [0.2, 0.25) is 0 Å². The Morgan fingerprint density at radius 3 is 2.28 bits per heavy atom. The zero-order chi connectivity index (χ0) is 18.6. The lowest BCUT2D eigenvalue weighted by Gasteiger charge is -2.27. The molecule has 4 heteroatoms. The van der Waals surface area contributed by atoms with E-state index in [2.05, 4.69) is 25.9 Å². The quantitative estimate of drug-likeness (QED) is 0.637. The Kier molecular flexibility index (Phi) is 5.85. The smallest absolute Gasteiger partial charge is 0.128 e. The maximum Gasteiger partial charge on any atom is 0.128 e. The molecule has 134 valence electrons. The third-order valence-electron chi connectivity index (χ3n) is 4.44. The molecule has 0 bridgehead atoms. The summed E-state index contributed by atoms with van der Waals surface area (Å²) in [5, 5.41) is 27.1. The van der Waals surface area contributed by atoms with Gasteiger partial charge in [-0.25, -0.2) is 0 Å². The fourth-order valence-electron chi connectivity index (χ4n) is 2.66. The first kappa shape index (κ1) is 19.0. The second kappa shape index (κ2) is 7.70. The second-order valence-corrected chi connectivity index (χ2v) is 7.41. The molecule has 2 atom stereocenters. The minimum absolute atomic E-state index is 0.142. The summed E-state index contributed by atoms with van der Waals surface area (Å²) in [7, 11) is 1.82. The Morgan fingerprint density at radius 1 is 1.04 bits per heavy atom. The fraction of sp³-hybridized carbons (Fsp3) is 0.381. The van der Waals surface area contributed by atoms with Gasteiger partial charge in [0.15, 0.2) is 0 Å². The van der Waals surface area contributed by atoms with Gasteiger partial charge in [0.05, 0.1) is 12.3 Å². The van der Waals surface area contributed by atoms with Crippen molar-refractivity contribution in [3.63, 3.8) is 0 Å². The number of aliphatic hydroxyl groups is 1. The summed E-state index contributed by atoms with van der Waals surface area (Å²) >= 11 is 0. The highest BCUT2D eigenvalue weighted by Crippen LogP contribution is 2.32. The minimum Gasteiger partial charge on any atom is -0.507 e. The summed E-state index contributed by atoms with van der Waals surface area (Å²) in [4.78, 5) is 0. The van der Waals surface area contributed by atoms with Crippen LogP contribution in [0, 0.1) is 0 Å². The average molecular weight is 340 g/mol. The standard InChI is InChI=1S/C21H28N2O2/c1-15(19(24)16-10-7-6-8-11-16)23(5)22-14-17-12-9-13-18(20(17)25)21(2,3)4/h6-15,19,24-25H,1-5H3/b22-14+/t15-,19-/m0/s1. The number of hydrogen-bond acceptors (Lipinski definition) is 4. The number of aliphatic hydroxyl groups excluding tert-OH is 1. The molecule has 2 aromatic carbocycles. The number of phenols is 1. The Bertz CT molecular complexity index is 720. The summed E-state index contributed by atoms with van der Waals surface area (Å²) in [5.74, 6) is 0.253. The molecule has 2 N–H and O–H groups in total. The molecule has 4 nitrogen and oxygen atoms in total. The van der Waals surface area contributed by atoms with Crippen LogP contribution in [0.2, 0.25) is 0 Å². The van der Waals surface area contributed by atoms with Gasteiger partial charge in [-0.1, -0.05) is 63.2 Å². The molecule has 0 aliphatic carbocycles. The normalized spacial score (nSPS) is 14.5. The van der Waals surface area contributed by atoms with Crippen molar-refractivity contribution in [3.8, 4) is 5.75 Å². The van der Waals surface area contributed by atoms with Crippen LogP contribution >= 0.6 is 0 Å². The number of para-hydroxylation sites is 1. The molecule has 2 rings (SSSR count). The summed E-state index contributed by atoms with van der Waals surface area (Å²) in [5.41, 5.74) is 2.27. The Balaban J connectivity index is 2.16. The van der Waals surface area contributed by atoms with Crippen LogP contribution in [0.1, 0.15) is 50.5 Å². The maximum absolute atomic E-state index is 10.5. The van der Waals surface area contributed by atoms with Gasteiger partial charge in [0.25, 0.3) is 0 Å². The number of benzene rings is 2. The molecule has 0 saturated carbocycles. The van der Waals surface area contributed by atoms with Crippen LogP contribution in [-0.2, 0) is 5.41 Å². The summed E-state index contributed by atoms with van der Waals surface area (Å²) in [6, 6.07) is 15.0. The highest BCUT2D eigenvalue weighted by molar-refractivity contribution is 5.84. The zero-order valence-corrected chi connectivity index (χ0v) is 15.6. The van der Waals surface area contributed by atoms with E-state index in [0.29, 0.717) is 5.56 Å². The van der Waals surface area contributed by atoms with Crippen LogP contribution in [0.5, 0.6) is 5.75 Å². The van der Waals surface area contributed by atoms with Crippen molar-refractivity contribution in [2.75, 3.05) is 7.05 Å². The van der Waals surface area contributed by atoms with Crippen molar-refractivity contribution in [2.45, 2.75) is 45.3 Å². The minimum atomic E-state index is -0.641. The van der Waals surface area contributed by atoms with E-state index in [0.717, 1.165) is 11.1 Å². The van der Waals surface area contributed by atoms with Gasteiger partial charge in [-0.3, -0.25) is 5.01 Å². The molecule has 0 spiro atoms. The number of hydrogen-bond donors (Lipinski definition) is 2. The molecule has 0 unspecified atom stereocenters. The molecule has 2 aromatic rings. The SMILES string of the molecule is C[C@@H]([C@H](O)c1ccccc1)N(C)/N=C/c1cccc(C(C)(C)C)c1O. The van der Waals surface area contributed by atoms with E-state index in [1.54, 1.807) is 11.2 Å². The number of phenolic OH excluding ortho intramolecular Hbond substituents is 1. The molecular formula is C21H28N2O2. The topological polar surface area (TPSA) is 56.1 Å². The largest absolute Gasteiger partial charge is 0.507 e. The summed E-state index contributed by atoms with van der Waals surface area (Å²) in [6.45, 7) is 8.11. The van der Waals surface area contributed by atoms with Crippen LogP contribution < -0.4 is 0 Å². The molecule has 0 aromatic heterocycles. The Labute approximate surface area is 150 Å². The third-order valence-corrected chi connectivity index (χ3v) is 4.44. The van der Waals surface area contributed by atoms with Gasteiger partial charge in [-0.15, -0.1) is 0 Å². The lowest BCUT2D eigenvalue weighted by atomic mass is 9.85. The molecule has 0 heterocycles. The number of hydrazone groups is 1. The first-order chi connectivity index (χ1) is 11.7. The van der Waals surface area contributed by atoms with Crippen molar-refractivity contribution in [1.29, 1.82) is 0 Å². The van der Waals surface area contributed by atoms with Crippen molar-refractivity contribution in [2.24, 2.45) is 5.10 Å². The summed E-state index contributed by atoms with van der Waals surface area (Å²) in [6.07, 6.45) is 0.997. The van der Waals surface area contributed by atoms with Gasteiger partial charge in [-0.2, -0.15) is 5.10 Å². The molecule has 0 amide bonds. The number of likely N-dealkylation sites (N-methyl/N-ethyl adjacent to an activating group) is 1. The molecule has 0 radical (unpaired) electrons. The fourth-order valence-corrected chi connectivity index (χ4v) is 2.66. The maximum atomic E-state index is 10.5. The number of nitrogens with zero attached hydrogens (tertiary/aromatic N) is 2. The van der Waals surface area contributed by atoms with Crippen molar-refractivity contribution >= 4 is 6.21 Å². The van der Waals surface area contributed by atoms with Gasteiger partial charge in [0.1, 0.15) is 11.9 Å². The van der Waals surface area contributed by atoms with Crippen LogP contribution in [0.15, 0.2) is 53.6 Å². The molecule has 0 aliphatic rings. The van der Waals surface area contributed by atoms with E-state index in [9.17, 15) is 10.2 Å². The molecule has 0 saturated heterocycles. The Hall–Kier alpha value is -2.33. The monoisotopic (exact) mass is 340 g/mol. The first-order valence-corrected chi connectivity index (χ1v) is 8.54. The van der Waals surface area contributed by atoms with Crippen LogP contribution in [-0.4, -0.2) is 34.5 Å². The van der Waals surface area contributed by atoms with Gasteiger partial charge in [-0.05, 0) is 29.5 Å². The second-order valence-electron chi connectivity index (χ2n) is 7.41. The first-order valence-electron chi connectivity index (χ1n) is 8.54. The lowest BCUT2D eigenvalue weighted by Crippen LogP contribution is -2.30. The third kappa shape index (κ3) is 4.60. The highest BCUT2D eigenvalue weighted by Gasteiger charge is 2.21. The van der Waals surface area contributed by atoms with E-state index in [1.807, 2.05) is 62.5 Å². The average Bonchev–Trinajstić information content (AvgIpc) is 2.59. The number of aromatic hydroxyl groups is 1. The van der Waals surface area contributed by atoms with Crippen molar-refractivity contribution in [3.05, 3.63) is 65.2 Å². The summed E-state index contributed by atoms with van der Waals surface area (Å²) < 4.78 is 0. The van der Waals surface area contributed by atoms with E-state index < -0.39 is 6.10 Å². The van der Waals surface area contributed by atoms with E-state index in [4.69, 9.17) is 0 Å². The van der Waals surface area contributed by atoms with Gasteiger partial charge >= 0.3 is 0 Å². The van der Waals surface area contributed by atoms with E-state index >= 15 is 0 Å². The lowest BCUT2D eigenvalue weighted by molar-refractivity contribution is 0.0748. The zero-order valence-electron chi connectivity index (χ0n) is 15.6. The van der Waals surface area contributed by atoms with Crippen LogP contribution in [0.3, 0.4) is 0 Å². The molecule has 0 aliphatic heterocycles. The predicted octanol–water partition coefficient (Wildman–Crippen LogP) is 4.08. The molecule has 0 fully saturated rings. The van der Waals surface area contributed by atoms with Crippen molar-refractivity contribution < 1.29 is 10.2 Å². The molecular weight excluding hydrogens is 312 g/mol. The highest BCUT2D eigenvalue weighted by atomic mass is 16.3. The van der Waals surface area contributed by atoms with Gasteiger partial charge in [0, 0.05) is 12.6 Å². The predicted molar refractivity (Wildman–Crippen MR) is 103 cm³/mol. The van der Waals surface area contributed by atoms with Gasteiger partial charge < -0.3 is 10.2 Å². The van der Waals surface area contributed by atoms with Crippen LogP contribution in [0.4, 0.5) is 0 Å². The van der Waals surface area contributed by atoms with E-state index in [-0.39, 0.29) is 17.2 Å². The Morgan fingerprint density at radius 2 is 1.68 bits per heavy atom. The number of rotatable bonds is 5. The van der Waals surface area contributed by atoms with Crippen LogP contribution in [0.25, 0.3) is 0 Å². The molecule has 25 heavy (non-hydrogen) atoms. The van der Waals surface area contributed by atoms with E-state index in [1.165, 1.54) is 0 Å².